The van der Waals surface area contributed by atoms with E-state index < -0.39 is 0 Å². The highest BCUT2D eigenvalue weighted by molar-refractivity contribution is 6.00. The van der Waals surface area contributed by atoms with Gasteiger partial charge in [-0.1, -0.05) is 0 Å². The van der Waals surface area contributed by atoms with Gasteiger partial charge in [-0.25, -0.2) is 0 Å². The molecule has 0 aromatic heterocycles. The smallest absolute Gasteiger partial charge is 0.308 e. The van der Waals surface area contributed by atoms with Gasteiger partial charge >= 0.3 is 5.97 Å². The maximum atomic E-state index is 11.9. The number of methoxy groups -OCH3 is 1. The van der Waals surface area contributed by atoms with Crippen LogP contribution in [0.5, 0.6) is 11.5 Å². The van der Waals surface area contributed by atoms with Gasteiger partial charge in [-0.2, -0.15) is 0 Å². The number of Topliss-reactive ketones (excluding diaryl/α,β-unsaturated/α-hetero) is 1. The van der Waals surface area contributed by atoms with Gasteiger partial charge in [-0.3, -0.25) is 9.59 Å². The minimum absolute atomic E-state index is 0.00886. The van der Waals surface area contributed by atoms with E-state index in [1.165, 1.54) is 7.11 Å². The molecule has 0 unspecified atom stereocenters. The van der Waals surface area contributed by atoms with Crippen molar-refractivity contribution in [3.63, 3.8) is 0 Å². The first-order valence-corrected chi connectivity index (χ1v) is 8.13. The summed E-state index contributed by atoms with van der Waals surface area (Å²) in [5, 5.41) is 0. The second kappa shape index (κ2) is 6.60. The molecule has 1 aromatic rings. The third-order valence-corrected chi connectivity index (χ3v) is 4.67. The predicted octanol–water partition coefficient (Wildman–Crippen LogP) is 3.07. The minimum atomic E-state index is -0.125. The van der Waals surface area contributed by atoms with E-state index >= 15 is 0 Å². The zero-order chi connectivity index (χ0) is 16.4. The Bertz CT molecular complexity index is 614. The van der Waals surface area contributed by atoms with Crippen molar-refractivity contribution in [2.24, 2.45) is 5.92 Å². The molecule has 0 radical (unpaired) electrons. The monoisotopic (exact) mass is 318 g/mol. The van der Waals surface area contributed by atoms with Crippen molar-refractivity contribution in [2.45, 2.75) is 45.1 Å². The molecule has 0 atom stereocenters. The van der Waals surface area contributed by atoms with E-state index in [4.69, 9.17) is 14.2 Å². The highest BCUT2D eigenvalue weighted by Gasteiger charge is 2.28. The molecule has 1 heterocycles. The second-order valence-corrected chi connectivity index (χ2v) is 6.25. The van der Waals surface area contributed by atoms with Gasteiger partial charge in [0.05, 0.1) is 31.3 Å². The lowest BCUT2D eigenvalue weighted by Gasteiger charge is -2.28. The number of esters is 1. The Kier molecular flexibility index (Phi) is 4.55. The zero-order valence-electron chi connectivity index (χ0n) is 13.6. The molecule has 23 heavy (non-hydrogen) atoms. The summed E-state index contributed by atoms with van der Waals surface area (Å²) in [6.45, 7) is 2.37. The molecule has 0 amide bonds. The van der Waals surface area contributed by atoms with Gasteiger partial charge in [0, 0.05) is 12.5 Å². The number of carbonyl (C=O) groups is 2. The van der Waals surface area contributed by atoms with Crippen molar-refractivity contribution in [1.29, 1.82) is 0 Å². The molecule has 5 nitrogen and oxygen atoms in total. The SMILES string of the molecule is COC(=O)[C@H]1CC[C@@H](Oc2cc3c(cc2C)C(=O)CCO3)CC1. The summed E-state index contributed by atoms with van der Waals surface area (Å²) in [7, 11) is 1.43. The lowest BCUT2D eigenvalue weighted by molar-refractivity contribution is -0.147. The topological polar surface area (TPSA) is 61.8 Å². The van der Waals surface area contributed by atoms with Gasteiger partial charge in [-0.15, -0.1) is 0 Å². The first-order valence-electron chi connectivity index (χ1n) is 8.13. The van der Waals surface area contributed by atoms with Crippen LogP contribution in [0.3, 0.4) is 0 Å². The Morgan fingerprint density at radius 2 is 1.96 bits per heavy atom. The Balaban J connectivity index is 1.67. The van der Waals surface area contributed by atoms with Crippen molar-refractivity contribution in [1.82, 2.24) is 0 Å². The van der Waals surface area contributed by atoms with Crippen molar-refractivity contribution >= 4 is 11.8 Å². The summed E-state index contributed by atoms with van der Waals surface area (Å²) in [6.07, 6.45) is 3.76. The van der Waals surface area contributed by atoms with Crippen LogP contribution in [0.1, 0.15) is 48.0 Å². The zero-order valence-corrected chi connectivity index (χ0v) is 13.6. The van der Waals surface area contributed by atoms with Crippen LogP contribution < -0.4 is 9.47 Å². The molecule has 1 saturated carbocycles. The van der Waals surface area contributed by atoms with Crippen LogP contribution in [0.15, 0.2) is 12.1 Å². The molecular weight excluding hydrogens is 296 g/mol. The number of hydrogen-bond donors (Lipinski definition) is 0. The number of carbonyl (C=O) groups excluding carboxylic acids is 2. The summed E-state index contributed by atoms with van der Waals surface area (Å²) >= 11 is 0. The van der Waals surface area contributed by atoms with Gasteiger partial charge in [0.25, 0.3) is 0 Å². The van der Waals surface area contributed by atoms with Crippen LogP contribution in [0.2, 0.25) is 0 Å². The highest BCUT2D eigenvalue weighted by atomic mass is 16.5. The molecule has 3 rings (SSSR count). The van der Waals surface area contributed by atoms with Gasteiger partial charge < -0.3 is 14.2 Å². The van der Waals surface area contributed by atoms with E-state index in [1.54, 1.807) is 0 Å². The molecule has 0 N–H and O–H groups in total. The van der Waals surface area contributed by atoms with E-state index in [1.807, 2.05) is 19.1 Å². The molecule has 124 valence electrons. The van der Waals surface area contributed by atoms with Crippen molar-refractivity contribution in [3.05, 3.63) is 23.3 Å². The fourth-order valence-corrected chi connectivity index (χ4v) is 3.28. The number of benzene rings is 1. The predicted molar refractivity (Wildman–Crippen MR) is 84.0 cm³/mol. The minimum Gasteiger partial charge on any atom is -0.492 e. The number of hydrogen-bond acceptors (Lipinski definition) is 5. The maximum absolute atomic E-state index is 11.9. The van der Waals surface area contributed by atoms with Gasteiger partial charge in [0.1, 0.15) is 11.5 Å². The lowest BCUT2D eigenvalue weighted by atomic mass is 9.87. The van der Waals surface area contributed by atoms with E-state index in [9.17, 15) is 9.59 Å². The van der Waals surface area contributed by atoms with E-state index in [0.29, 0.717) is 24.3 Å². The summed E-state index contributed by atoms with van der Waals surface area (Å²) in [5.74, 6) is 1.37. The molecule has 0 spiro atoms. The van der Waals surface area contributed by atoms with Crippen LogP contribution in [0.4, 0.5) is 0 Å². The third-order valence-electron chi connectivity index (χ3n) is 4.67. The number of aryl methyl sites for hydroxylation is 1. The normalized spacial score (nSPS) is 23.7. The molecular formula is C18H22O5. The van der Waals surface area contributed by atoms with E-state index in [-0.39, 0.29) is 23.8 Å². The van der Waals surface area contributed by atoms with Gasteiger partial charge in [0.15, 0.2) is 5.78 Å². The fraction of sp³-hybridized carbons (Fsp3) is 0.556. The average molecular weight is 318 g/mol. The summed E-state index contributed by atoms with van der Waals surface area (Å²) < 4.78 is 16.5. The fourth-order valence-electron chi connectivity index (χ4n) is 3.28. The summed E-state index contributed by atoms with van der Waals surface area (Å²) in [4.78, 5) is 23.5. The molecule has 5 heteroatoms. The van der Waals surface area contributed by atoms with Crippen LogP contribution in [-0.4, -0.2) is 31.6 Å². The van der Waals surface area contributed by atoms with Gasteiger partial charge in [-0.05, 0) is 44.2 Å². The molecule has 1 aromatic carbocycles. The Morgan fingerprint density at radius 1 is 1.22 bits per heavy atom. The molecule has 0 saturated heterocycles. The Morgan fingerprint density at radius 3 is 2.65 bits per heavy atom. The second-order valence-electron chi connectivity index (χ2n) is 6.25. The highest BCUT2D eigenvalue weighted by Crippen LogP contribution is 2.35. The molecule has 0 bridgehead atoms. The third kappa shape index (κ3) is 3.33. The first kappa shape index (κ1) is 15.8. The van der Waals surface area contributed by atoms with Crippen LogP contribution >= 0.6 is 0 Å². The quantitative estimate of drug-likeness (QED) is 0.802. The van der Waals surface area contributed by atoms with Crippen molar-refractivity contribution < 1.29 is 23.8 Å². The standard InChI is InChI=1S/C18H22O5/c1-11-9-14-15(19)7-8-22-17(14)10-16(11)23-13-5-3-12(4-6-13)18(20)21-2/h9-10,12-13H,3-8H2,1-2H3/t12-,13+. The van der Waals surface area contributed by atoms with Crippen LogP contribution in [0.25, 0.3) is 0 Å². The molecule has 1 aliphatic heterocycles. The summed E-state index contributed by atoms with van der Waals surface area (Å²) in [5.41, 5.74) is 1.59. The van der Waals surface area contributed by atoms with E-state index in [2.05, 4.69) is 0 Å². The number of ketones is 1. The lowest BCUT2D eigenvalue weighted by Crippen LogP contribution is -2.28. The van der Waals surface area contributed by atoms with Crippen LogP contribution in [0, 0.1) is 12.8 Å². The first-order chi connectivity index (χ1) is 11.1. The van der Waals surface area contributed by atoms with Gasteiger partial charge in [0.2, 0.25) is 0 Å². The molecule has 2 aliphatic rings. The molecule has 1 aliphatic carbocycles. The van der Waals surface area contributed by atoms with E-state index in [0.717, 1.165) is 37.0 Å². The summed E-state index contributed by atoms with van der Waals surface area (Å²) in [6, 6.07) is 3.68. The maximum Gasteiger partial charge on any atom is 0.308 e. The largest absolute Gasteiger partial charge is 0.492 e. The molecule has 1 fully saturated rings. The van der Waals surface area contributed by atoms with Crippen molar-refractivity contribution in [2.75, 3.05) is 13.7 Å². The van der Waals surface area contributed by atoms with Crippen LogP contribution in [-0.2, 0) is 9.53 Å². The number of fused-ring (bicyclic) bond motifs is 1. The average Bonchev–Trinajstić information content (AvgIpc) is 2.56. The number of ether oxygens (including phenoxy) is 3. The Hall–Kier alpha value is -2.04. The number of rotatable bonds is 3. The van der Waals surface area contributed by atoms with Crippen molar-refractivity contribution in [3.8, 4) is 11.5 Å². The Labute approximate surface area is 135 Å².